The van der Waals surface area contributed by atoms with Gasteiger partial charge in [-0.05, 0) is 53.4 Å². The second kappa shape index (κ2) is 7.83. The van der Waals surface area contributed by atoms with Gasteiger partial charge in [-0.3, -0.25) is 4.98 Å². The van der Waals surface area contributed by atoms with Crippen LogP contribution in [-0.4, -0.2) is 11.5 Å². The average molecular weight is 299 g/mol. The Morgan fingerprint density at radius 2 is 2.06 bits per heavy atom. The molecule has 0 fully saturated rings. The molecule has 1 rings (SSSR count). The molecule has 96 valence electrons. The lowest BCUT2D eigenvalue weighted by Crippen LogP contribution is -2.28. The summed E-state index contributed by atoms with van der Waals surface area (Å²) in [4.78, 5) is 4.53. The van der Waals surface area contributed by atoms with Gasteiger partial charge in [-0.15, -0.1) is 0 Å². The molecule has 17 heavy (non-hydrogen) atoms. The summed E-state index contributed by atoms with van der Waals surface area (Å²) in [5, 5.41) is 3.61. The summed E-state index contributed by atoms with van der Waals surface area (Å²) in [5.41, 5.74) is 1.16. The van der Waals surface area contributed by atoms with Crippen LogP contribution in [0.1, 0.15) is 51.8 Å². The Bertz CT molecular complexity index is 311. The molecule has 1 heterocycles. The number of rotatable bonds is 7. The molecular formula is C14H23BrN2. The van der Waals surface area contributed by atoms with Crippen molar-refractivity contribution in [2.75, 3.05) is 6.54 Å². The van der Waals surface area contributed by atoms with Crippen LogP contribution in [-0.2, 0) is 0 Å². The van der Waals surface area contributed by atoms with Crippen molar-refractivity contribution in [3.05, 3.63) is 28.5 Å². The number of nitrogens with zero attached hydrogens (tertiary/aromatic N) is 1. The minimum absolute atomic E-state index is 0.378. The normalized spacial score (nSPS) is 14.6. The van der Waals surface area contributed by atoms with Crippen molar-refractivity contribution >= 4 is 15.9 Å². The smallest absolute Gasteiger partial charge is 0.0576 e. The molecule has 0 radical (unpaired) electrons. The van der Waals surface area contributed by atoms with Gasteiger partial charge in [0.25, 0.3) is 0 Å². The molecule has 0 aliphatic carbocycles. The quantitative estimate of drug-likeness (QED) is 0.811. The second-order valence-electron chi connectivity index (χ2n) is 4.60. The molecule has 2 nitrogen and oxygen atoms in total. The van der Waals surface area contributed by atoms with Gasteiger partial charge in [-0.25, -0.2) is 0 Å². The molecule has 2 atom stereocenters. The predicted molar refractivity (Wildman–Crippen MR) is 77.0 cm³/mol. The standard InChI is InChI=1S/C14H23BrN2/c1-4-6-11(3)14(16-9-5-2)13-8-7-12(15)10-17-13/h7-8,10-11,14,16H,4-6,9H2,1-3H3. The first kappa shape index (κ1) is 14.7. The van der Waals surface area contributed by atoms with Crippen molar-refractivity contribution in [2.45, 2.75) is 46.1 Å². The van der Waals surface area contributed by atoms with E-state index in [9.17, 15) is 0 Å². The maximum Gasteiger partial charge on any atom is 0.0576 e. The van der Waals surface area contributed by atoms with Crippen LogP contribution in [0.25, 0.3) is 0 Å². The summed E-state index contributed by atoms with van der Waals surface area (Å²) in [7, 11) is 0. The molecule has 3 heteroatoms. The van der Waals surface area contributed by atoms with E-state index in [0.717, 1.165) is 23.1 Å². The van der Waals surface area contributed by atoms with Gasteiger partial charge in [0.1, 0.15) is 0 Å². The molecular weight excluding hydrogens is 276 g/mol. The van der Waals surface area contributed by atoms with Crippen molar-refractivity contribution in [1.82, 2.24) is 10.3 Å². The Labute approximate surface area is 113 Å². The fourth-order valence-electron chi connectivity index (χ4n) is 2.09. The van der Waals surface area contributed by atoms with Crippen LogP contribution >= 0.6 is 15.9 Å². The zero-order valence-corrected chi connectivity index (χ0v) is 12.6. The monoisotopic (exact) mass is 298 g/mol. The summed E-state index contributed by atoms with van der Waals surface area (Å²) in [6, 6.07) is 4.56. The Morgan fingerprint density at radius 1 is 1.29 bits per heavy atom. The third-order valence-corrected chi connectivity index (χ3v) is 3.47. The van der Waals surface area contributed by atoms with Crippen LogP contribution in [0, 0.1) is 5.92 Å². The van der Waals surface area contributed by atoms with Crippen LogP contribution in [0.4, 0.5) is 0 Å². The van der Waals surface area contributed by atoms with E-state index in [2.05, 4.69) is 59.1 Å². The van der Waals surface area contributed by atoms with E-state index in [1.807, 2.05) is 6.20 Å². The van der Waals surface area contributed by atoms with E-state index in [1.165, 1.54) is 12.8 Å². The zero-order chi connectivity index (χ0) is 12.7. The highest BCUT2D eigenvalue weighted by atomic mass is 79.9. The maximum atomic E-state index is 4.53. The number of hydrogen-bond acceptors (Lipinski definition) is 2. The van der Waals surface area contributed by atoms with E-state index in [1.54, 1.807) is 0 Å². The molecule has 0 aliphatic heterocycles. The molecule has 1 N–H and O–H groups in total. The van der Waals surface area contributed by atoms with E-state index in [4.69, 9.17) is 0 Å². The third-order valence-electron chi connectivity index (χ3n) is 3.00. The van der Waals surface area contributed by atoms with Gasteiger partial charge in [0, 0.05) is 10.7 Å². The first-order chi connectivity index (χ1) is 8.19. The average Bonchev–Trinajstić information content (AvgIpc) is 2.32. The largest absolute Gasteiger partial charge is 0.308 e. The Hall–Kier alpha value is -0.410. The van der Waals surface area contributed by atoms with Crippen LogP contribution in [0.2, 0.25) is 0 Å². The molecule has 0 saturated heterocycles. The Kier molecular flexibility index (Phi) is 6.75. The fourth-order valence-corrected chi connectivity index (χ4v) is 2.32. The third kappa shape index (κ3) is 4.76. The molecule has 0 saturated carbocycles. The number of aromatic nitrogens is 1. The van der Waals surface area contributed by atoms with Gasteiger partial charge in [0.05, 0.1) is 11.7 Å². The van der Waals surface area contributed by atoms with Gasteiger partial charge < -0.3 is 5.32 Å². The summed E-state index contributed by atoms with van der Waals surface area (Å²) < 4.78 is 1.04. The summed E-state index contributed by atoms with van der Waals surface area (Å²) in [6.45, 7) is 7.79. The topological polar surface area (TPSA) is 24.9 Å². The Morgan fingerprint density at radius 3 is 2.59 bits per heavy atom. The Balaban J connectivity index is 2.77. The first-order valence-corrected chi connectivity index (χ1v) is 7.33. The highest BCUT2D eigenvalue weighted by molar-refractivity contribution is 9.10. The molecule has 0 aliphatic rings. The second-order valence-corrected chi connectivity index (χ2v) is 5.51. The van der Waals surface area contributed by atoms with E-state index >= 15 is 0 Å². The lowest BCUT2D eigenvalue weighted by molar-refractivity contribution is 0.357. The maximum absolute atomic E-state index is 4.53. The molecule has 0 spiro atoms. The van der Waals surface area contributed by atoms with Crippen molar-refractivity contribution in [1.29, 1.82) is 0 Å². The number of halogens is 1. The lowest BCUT2D eigenvalue weighted by atomic mass is 9.94. The summed E-state index contributed by atoms with van der Waals surface area (Å²) in [5.74, 6) is 0.625. The molecule has 0 aromatic carbocycles. The van der Waals surface area contributed by atoms with Crippen molar-refractivity contribution in [2.24, 2.45) is 5.92 Å². The van der Waals surface area contributed by atoms with E-state index in [0.29, 0.717) is 12.0 Å². The minimum atomic E-state index is 0.378. The van der Waals surface area contributed by atoms with Gasteiger partial charge >= 0.3 is 0 Å². The van der Waals surface area contributed by atoms with Gasteiger partial charge in [-0.2, -0.15) is 0 Å². The predicted octanol–water partition coefficient (Wildman–Crippen LogP) is 4.32. The van der Waals surface area contributed by atoms with Crippen LogP contribution in [0.5, 0.6) is 0 Å². The van der Waals surface area contributed by atoms with Gasteiger partial charge in [0.2, 0.25) is 0 Å². The molecule has 2 unspecified atom stereocenters. The molecule has 0 amide bonds. The number of hydrogen-bond donors (Lipinski definition) is 1. The highest BCUT2D eigenvalue weighted by Gasteiger charge is 2.18. The van der Waals surface area contributed by atoms with Gasteiger partial charge in [0.15, 0.2) is 0 Å². The summed E-state index contributed by atoms with van der Waals surface area (Å²) >= 11 is 3.43. The van der Waals surface area contributed by atoms with Crippen LogP contribution in [0.3, 0.4) is 0 Å². The molecule has 1 aromatic heterocycles. The minimum Gasteiger partial charge on any atom is -0.308 e. The zero-order valence-electron chi connectivity index (χ0n) is 11.0. The van der Waals surface area contributed by atoms with Crippen LogP contribution < -0.4 is 5.32 Å². The van der Waals surface area contributed by atoms with Crippen molar-refractivity contribution in [3.8, 4) is 0 Å². The lowest BCUT2D eigenvalue weighted by Gasteiger charge is -2.24. The van der Waals surface area contributed by atoms with E-state index in [-0.39, 0.29) is 0 Å². The van der Waals surface area contributed by atoms with E-state index < -0.39 is 0 Å². The number of nitrogens with one attached hydrogen (secondary N) is 1. The summed E-state index contributed by atoms with van der Waals surface area (Å²) in [6.07, 6.45) is 5.50. The van der Waals surface area contributed by atoms with Gasteiger partial charge in [-0.1, -0.05) is 27.2 Å². The fraction of sp³-hybridized carbons (Fsp3) is 0.643. The van der Waals surface area contributed by atoms with Crippen LogP contribution in [0.15, 0.2) is 22.8 Å². The molecule has 1 aromatic rings. The highest BCUT2D eigenvalue weighted by Crippen LogP contribution is 2.24. The van der Waals surface area contributed by atoms with Crippen molar-refractivity contribution < 1.29 is 0 Å². The number of pyridine rings is 1. The van der Waals surface area contributed by atoms with Crippen molar-refractivity contribution in [3.63, 3.8) is 0 Å². The first-order valence-electron chi connectivity index (χ1n) is 6.53. The SMILES string of the molecule is CCCNC(c1ccc(Br)cn1)C(C)CCC. The molecule has 0 bridgehead atoms.